The molecular weight excluding hydrogens is 306 g/mol. The fourth-order valence-corrected chi connectivity index (χ4v) is 2.55. The minimum atomic E-state index is -0.544. The predicted octanol–water partition coefficient (Wildman–Crippen LogP) is 2.57. The Balaban J connectivity index is 2.21. The van der Waals surface area contributed by atoms with Crippen LogP contribution in [0.2, 0.25) is 0 Å². The number of rotatable bonds is 4. The molecular formula is C15H13NO5S. The van der Waals surface area contributed by atoms with E-state index in [1.807, 2.05) is 0 Å². The number of carbonyl (C=O) groups excluding carboxylic acids is 3. The third-order valence-corrected chi connectivity index (χ3v) is 3.86. The fourth-order valence-electron chi connectivity index (χ4n) is 1.73. The topological polar surface area (TPSA) is 81.7 Å². The number of amides is 1. The van der Waals surface area contributed by atoms with Crippen LogP contribution in [0, 0.1) is 0 Å². The molecule has 0 aliphatic rings. The Hall–Kier alpha value is -2.67. The molecule has 114 valence electrons. The van der Waals surface area contributed by atoms with Crippen LogP contribution in [0.3, 0.4) is 0 Å². The molecule has 0 fully saturated rings. The second-order valence-electron chi connectivity index (χ2n) is 4.15. The summed E-state index contributed by atoms with van der Waals surface area (Å²) in [5.74, 6) is -1.46. The lowest BCUT2D eigenvalue weighted by molar-refractivity contribution is 0.0595. The van der Waals surface area contributed by atoms with Crippen LogP contribution in [-0.2, 0) is 9.47 Å². The van der Waals surface area contributed by atoms with Crippen molar-refractivity contribution >= 4 is 34.9 Å². The van der Waals surface area contributed by atoms with Gasteiger partial charge in [0.1, 0.15) is 4.88 Å². The molecule has 0 bridgehead atoms. The van der Waals surface area contributed by atoms with Gasteiger partial charge in [0.2, 0.25) is 0 Å². The van der Waals surface area contributed by atoms with Gasteiger partial charge in [0, 0.05) is 0 Å². The summed E-state index contributed by atoms with van der Waals surface area (Å²) >= 11 is 1.01. The third kappa shape index (κ3) is 3.32. The van der Waals surface area contributed by atoms with Crippen molar-refractivity contribution in [2.75, 3.05) is 19.5 Å². The maximum absolute atomic E-state index is 12.2. The third-order valence-electron chi connectivity index (χ3n) is 2.80. The fraction of sp³-hybridized carbons (Fsp3) is 0.133. The zero-order valence-electron chi connectivity index (χ0n) is 11.9. The molecule has 0 atom stereocenters. The number of methoxy groups -OCH3 is 2. The summed E-state index contributed by atoms with van der Waals surface area (Å²) in [6.07, 6.45) is 0. The van der Waals surface area contributed by atoms with E-state index >= 15 is 0 Å². The van der Waals surface area contributed by atoms with Gasteiger partial charge < -0.3 is 14.8 Å². The average molecular weight is 319 g/mol. The molecule has 0 radical (unpaired) electrons. The number of hydrogen-bond donors (Lipinski definition) is 1. The second kappa shape index (κ2) is 6.86. The highest BCUT2D eigenvalue weighted by Gasteiger charge is 2.17. The number of thiophene rings is 1. The number of esters is 2. The Bertz CT molecular complexity index is 722. The van der Waals surface area contributed by atoms with Crippen LogP contribution in [0.5, 0.6) is 0 Å². The SMILES string of the molecule is COC(=O)c1ccc(C(=O)Nc2ccccc2C(=O)OC)s1. The highest BCUT2D eigenvalue weighted by molar-refractivity contribution is 7.16. The molecule has 2 rings (SSSR count). The average Bonchev–Trinajstić information content (AvgIpc) is 3.04. The van der Waals surface area contributed by atoms with E-state index in [0.29, 0.717) is 15.4 Å². The van der Waals surface area contributed by atoms with Crippen molar-refractivity contribution in [3.8, 4) is 0 Å². The summed E-state index contributed by atoms with van der Waals surface area (Å²) in [7, 11) is 2.54. The lowest BCUT2D eigenvalue weighted by Crippen LogP contribution is -2.14. The van der Waals surface area contributed by atoms with E-state index in [9.17, 15) is 14.4 Å². The predicted molar refractivity (Wildman–Crippen MR) is 81.4 cm³/mol. The minimum Gasteiger partial charge on any atom is -0.465 e. The Kier molecular flexibility index (Phi) is 4.90. The number of anilines is 1. The second-order valence-corrected chi connectivity index (χ2v) is 5.23. The summed E-state index contributed by atoms with van der Waals surface area (Å²) in [5, 5.41) is 2.63. The highest BCUT2D eigenvalue weighted by atomic mass is 32.1. The Morgan fingerprint density at radius 3 is 2.23 bits per heavy atom. The van der Waals surface area contributed by atoms with Crippen LogP contribution >= 0.6 is 11.3 Å². The molecule has 7 heteroatoms. The first-order valence-corrected chi connectivity index (χ1v) is 7.05. The minimum absolute atomic E-state index is 0.253. The Labute approximate surface area is 130 Å². The molecule has 0 unspecified atom stereocenters. The first-order chi connectivity index (χ1) is 10.6. The van der Waals surface area contributed by atoms with Crippen LogP contribution < -0.4 is 5.32 Å². The van der Waals surface area contributed by atoms with Gasteiger partial charge in [0.15, 0.2) is 0 Å². The van der Waals surface area contributed by atoms with Crippen molar-refractivity contribution < 1.29 is 23.9 Å². The number of hydrogen-bond acceptors (Lipinski definition) is 6. The summed E-state index contributed by atoms with van der Waals surface area (Å²) in [6, 6.07) is 9.54. The zero-order valence-corrected chi connectivity index (χ0v) is 12.7. The molecule has 0 aliphatic carbocycles. The van der Waals surface area contributed by atoms with Crippen molar-refractivity contribution in [2.45, 2.75) is 0 Å². The van der Waals surface area contributed by atoms with E-state index in [1.54, 1.807) is 24.3 Å². The molecule has 1 heterocycles. The van der Waals surface area contributed by atoms with Crippen LogP contribution in [0.4, 0.5) is 5.69 Å². The van der Waals surface area contributed by atoms with E-state index in [4.69, 9.17) is 0 Å². The lowest BCUT2D eigenvalue weighted by atomic mass is 10.2. The lowest BCUT2D eigenvalue weighted by Gasteiger charge is -2.08. The molecule has 1 amide bonds. The first kappa shape index (κ1) is 15.7. The van der Waals surface area contributed by atoms with E-state index < -0.39 is 17.8 Å². The molecule has 0 saturated carbocycles. The molecule has 0 aliphatic heterocycles. The van der Waals surface area contributed by atoms with Crippen molar-refractivity contribution in [3.63, 3.8) is 0 Å². The number of benzene rings is 1. The van der Waals surface area contributed by atoms with Gasteiger partial charge in [-0.15, -0.1) is 11.3 Å². The number of carbonyl (C=O) groups is 3. The van der Waals surface area contributed by atoms with Gasteiger partial charge in [-0.1, -0.05) is 12.1 Å². The van der Waals surface area contributed by atoms with Crippen molar-refractivity contribution in [1.82, 2.24) is 0 Å². The van der Waals surface area contributed by atoms with Gasteiger partial charge in [0.25, 0.3) is 5.91 Å². The molecule has 0 spiro atoms. The molecule has 1 N–H and O–H groups in total. The number of para-hydroxylation sites is 1. The number of nitrogens with one attached hydrogen (secondary N) is 1. The molecule has 6 nitrogen and oxygen atoms in total. The molecule has 0 saturated heterocycles. The Morgan fingerprint density at radius 1 is 0.909 bits per heavy atom. The van der Waals surface area contributed by atoms with E-state index in [0.717, 1.165) is 11.3 Å². The summed E-state index contributed by atoms with van der Waals surface area (Å²) in [6.45, 7) is 0. The van der Waals surface area contributed by atoms with Crippen LogP contribution in [0.25, 0.3) is 0 Å². The van der Waals surface area contributed by atoms with E-state index in [-0.39, 0.29) is 5.56 Å². The molecule has 22 heavy (non-hydrogen) atoms. The normalized spacial score (nSPS) is 9.91. The van der Waals surface area contributed by atoms with Crippen molar-refractivity contribution in [2.24, 2.45) is 0 Å². The molecule has 1 aromatic heterocycles. The van der Waals surface area contributed by atoms with Gasteiger partial charge in [-0.3, -0.25) is 4.79 Å². The van der Waals surface area contributed by atoms with Crippen LogP contribution in [0.1, 0.15) is 29.7 Å². The smallest absolute Gasteiger partial charge is 0.348 e. The standard InChI is InChI=1S/C15H13NO5S/c1-20-14(18)9-5-3-4-6-10(9)16-13(17)11-7-8-12(22-11)15(19)21-2/h3-8H,1-2H3,(H,16,17). The summed E-state index contributed by atoms with van der Waals surface area (Å²) in [5.41, 5.74) is 0.593. The zero-order chi connectivity index (χ0) is 16.1. The van der Waals surface area contributed by atoms with Gasteiger partial charge in [0.05, 0.1) is 30.3 Å². The van der Waals surface area contributed by atoms with Gasteiger partial charge >= 0.3 is 11.9 Å². The largest absolute Gasteiger partial charge is 0.465 e. The van der Waals surface area contributed by atoms with Crippen molar-refractivity contribution in [3.05, 3.63) is 51.7 Å². The monoisotopic (exact) mass is 319 g/mol. The maximum atomic E-state index is 12.2. The highest BCUT2D eigenvalue weighted by Crippen LogP contribution is 2.21. The van der Waals surface area contributed by atoms with Crippen molar-refractivity contribution in [1.29, 1.82) is 0 Å². The molecule has 1 aromatic carbocycles. The maximum Gasteiger partial charge on any atom is 0.348 e. The van der Waals surface area contributed by atoms with E-state index in [1.165, 1.54) is 26.4 Å². The van der Waals surface area contributed by atoms with Gasteiger partial charge in [-0.25, -0.2) is 9.59 Å². The van der Waals surface area contributed by atoms with Gasteiger partial charge in [-0.05, 0) is 24.3 Å². The Morgan fingerprint density at radius 2 is 1.55 bits per heavy atom. The summed E-state index contributed by atoms with van der Waals surface area (Å²) in [4.78, 5) is 35.9. The van der Waals surface area contributed by atoms with Crippen LogP contribution in [0.15, 0.2) is 36.4 Å². The van der Waals surface area contributed by atoms with E-state index in [2.05, 4.69) is 14.8 Å². The van der Waals surface area contributed by atoms with Gasteiger partial charge in [-0.2, -0.15) is 0 Å². The van der Waals surface area contributed by atoms with Crippen LogP contribution in [-0.4, -0.2) is 32.1 Å². The number of ether oxygens (including phenoxy) is 2. The summed E-state index contributed by atoms with van der Waals surface area (Å²) < 4.78 is 9.26. The quantitative estimate of drug-likeness (QED) is 0.876. The molecule has 2 aromatic rings. The first-order valence-electron chi connectivity index (χ1n) is 6.23.